The van der Waals surface area contributed by atoms with E-state index in [0.717, 1.165) is 0 Å². The Morgan fingerprint density at radius 3 is 2.71 bits per heavy atom. The number of rotatable bonds is 3. The number of carboxylic acids is 1. The number of hydrogen-bond acceptors (Lipinski definition) is 3. The number of carbonyl (C=O) groups excluding carboxylic acids is 1. The van der Waals surface area contributed by atoms with E-state index in [1.54, 1.807) is 12.1 Å². The fourth-order valence-corrected chi connectivity index (χ4v) is 2.78. The minimum absolute atomic E-state index is 0.0608. The van der Waals surface area contributed by atoms with Crippen LogP contribution in [0.25, 0.3) is 0 Å². The van der Waals surface area contributed by atoms with Crippen LogP contribution in [0.3, 0.4) is 0 Å². The van der Waals surface area contributed by atoms with Gasteiger partial charge in [-0.05, 0) is 31.4 Å². The summed E-state index contributed by atoms with van der Waals surface area (Å²) in [6, 6.07) is 5.28. The van der Waals surface area contributed by atoms with Crippen LogP contribution in [0.4, 0.5) is 10.5 Å². The SMILES string of the molecule is CCN(C(=O)N1CCC(C)C1C(=O)O)c1cccc(O)c1. The number of aliphatic carboxylic acids is 1. The Kier molecular flexibility index (Phi) is 4.35. The number of phenolic OH excluding ortho intramolecular Hbond substituents is 1. The molecule has 1 heterocycles. The van der Waals surface area contributed by atoms with Crippen molar-refractivity contribution in [3.05, 3.63) is 24.3 Å². The summed E-state index contributed by atoms with van der Waals surface area (Å²) in [5.41, 5.74) is 0.561. The topological polar surface area (TPSA) is 81.1 Å². The summed E-state index contributed by atoms with van der Waals surface area (Å²) in [4.78, 5) is 26.9. The third-order valence-electron chi connectivity index (χ3n) is 3.89. The van der Waals surface area contributed by atoms with E-state index in [4.69, 9.17) is 0 Å². The van der Waals surface area contributed by atoms with E-state index in [-0.39, 0.29) is 17.7 Å². The summed E-state index contributed by atoms with van der Waals surface area (Å²) >= 11 is 0. The molecule has 0 spiro atoms. The zero-order chi connectivity index (χ0) is 15.6. The summed E-state index contributed by atoms with van der Waals surface area (Å²) in [7, 11) is 0. The highest BCUT2D eigenvalue weighted by Crippen LogP contribution is 2.28. The molecule has 114 valence electrons. The molecule has 2 unspecified atom stereocenters. The van der Waals surface area contributed by atoms with Gasteiger partial charge in [-0.1, -0.05) is 13.0 Å². The van der Waals surface area contributed by atoms with Gasteiger partial charge in [0.2, 0.25) is 0 Å². The molecular weight excluding hydrogens is 272 g/mol. The number of aromatic hydroxyl groups is 1. The van der Waals surface area contributed by atoms with Crippen molar-refractivity contribution in [2.24, 2.45) is 5.92 Å². The molecule has 1 aliphatic rings. The van der Waals surface area contributed by atoms with Gasteiger partial charge < -0.3 is 15.1 Å². The highest BCUT2D eigenvalue weighted by atomic mass is 16.4. The first-order valence-corrected chi connectivity index (χ1v) is 7.05. The van der Waals surface area contributed by atoms with Crippen LogP contribution in [-0.2, 0) is 4.79 Å². The quantitative estimate of drug-likeness (QED) is 0.894. The molecule has 2 rings (SSSR count). The van der Waals surface area contributed by atoms with E-state index in [0.29, 0.717) is 25.2 Å². The Morgan fingerprint density at radius 1 is 1.43 bits per heavy atom. The summed E-state index contributed by atoms with van der Waals surface area (Å²) in [5, 5.41) is 18.9. The average Bonchev–Trinajstić information content (AvgIpc) is 2.81. The van der Waals surface area contributed by atoms with Crippen molar-refractivity contribution in [3.63, 3.8) is 0 Å². The summed E-state index contributed by atoms with van der Waals surface area (Å²) in [6.07, 6.45) is 0.681. The molecule has 1 aromatic carbocycles. The van der Waals surface area contributed by atoms with Gasteiger partial charge in [0.05, 0.1) is 0 Å². The Hall–Kier alpha value is -2.24. The Bertz CT molecular complexity index is 546. The van der Waals surface area contributed by atoms with Crippen molar-refractivity contribution < 1.29 is 19.8 Å². The Morgan fingerprint density at radius 2 is 2.14 bits per heavy atom. The monoisotopic (exact) mass is 292 g/mol. The fraction of sp³-hybridized carbons (Fsp3) is 0.467. The lowest BCUT2D eigenvalue weighted by molar-refractivity contribution is -0.142. The second-order valence-corrected chi connectivity index (χ2v) is 5.29. The smallest absolute Gasteiger partial charge is 0.326 e. The molecule has 2 atom stereocenters. The van der Waals surface area contributed by atoms with Crippen LogP contribution in [0.5, 0.6) is 5.75 Å². The Labute approximate surface area is 123 Å². The normalized spacial score (nSPS) is 21.3. The summed E-state index contributed by atoms with van der Waals surface area (Å²) in [5.74, 6) is -0.960. The molecule has 21 heavy (non-hydrogen) atoms. The molecule has 6 nitrogen and oxygen atoms in total. The number of urea groups is 1. The van der Waals surface area contributed by atoms with Crippen molar-refractivity contribution in [2.45, 2.75) is 26.3 Å². The molecule has 1 saturated heterocycles. The van der Waals surface area contributed by atoms with Crippen molar-refractivity contribution in [1.82, 2.24) is 4.90 Å². The highest BCUT2D eigenvalue weighted by molar-refractivity contribution is 5.95. The van der Waals surface area contributed by atoms with E-state index < -0.39 is 12.0 Å². The van der Waals surface area contributed by atoms with E-state index in [1.165, 1.54) is 21.9 Å². The van der Waals surface area contributed by atoms with Crippen molar-refractivity contribution in [3.8, 4) is 5.75 Å². The zero-order valence-corrected chi connectivity index (χ0v) is 12.2. The fourth-order valence-electron chi connectivity index (χ4n) is 2.78. The number of anilines is 1. The molecule has 6 heteroatoms. The largest absolute Gasteiger partial charge is 0.508 e. The number of likely N-dealkylation sites (tertiary alicyclic amines) is 1. The number of amides is 2. The van der Waals surface area contributed by atoms with Crippen molar-refractivity contribution >= 4 is 17.7 Å². The predicted molar refractivity (Wildman–Crippen MR) is 78.4 cm³/mol. The Balaban J connectivity index is 2.26. The highest BCUT2D eigenvalue weighted by Gasteiger charge is 2.41. The number of phenols is 1. The van der Waals surface area contributed by atoms with Crippen molar-refractivity contribution in [1.29, 1.82) is 0 Å². The lowest BCUT2D eigenvalue weighted by atomic mass is 10.0. The van der Waals surface area contributed by atoms with Gasteiger partial charge >= 0.3 is 12.0 Å². The van der Waals surface area contributed by atoms with Gasteiger partial charge in [0, 0.05) is 24.8 Å². The molecule has 1 fully saturated rings. The zero-order valence-electron chi connectivity index (χ0n) is 12.2. The molecule has 2 N–H and O–H groups in total. The molecule has 0 saturated carbocycles. The van der Waals surface area contributed by atoms with Crippen LogP contribution in [0.15, 0.2) is 24.3 Å². The van der Waals surface area contributed by atoms with E-state index >= 15 is 0 Å². The van der Waals surface area contributed by atoms with E-state index in [1.807, 2.05) is 13.8 Å². The van der Waals surface area contributed by atoms with Crippen LogP contribution >= 0.6 is 0 Å². The molecule has 0 radical (unpaired) electrons. The number of carbonyl (C=O) groups is 2. The van der Waals surface area contributed by atoms with E-state index in [2.05, 4.69) is 0 Å². The molecule has 0 bridgehead atoms. The molecular formula is C15H20N2O4. The molecule has 0 aliphatic carbocycles. The van der Waals surface area contributed by atoms with Gasteiger partial charge in [-0.15, -0.1) is 0 Å². The minimum atomic E-state index is -0.972. The van der Waals surface area contributed by atoms with Crippen LogP contribution in [0.2, 0.25) is 0 Å². The average molecular weight is 292 g/mol. The third kappa shape index (κ3) is 2.94. The summed E-state index contributed by atoms with van der Waals surface area (Å²) in [6.45, 7) is 4.50. The maximum Gasteiger partial charge on any atom is 0.326 e. The second kappa shape index (κ2) is 6.03. The van der Waals surface area contributed by atoms with Gasteiger partial charge in [0.25, 0.3) is 0 Å². The second-order valence-electron chi connectivity index (χ2n) is 5.29. The molecule has 2 amide bonds. The number of carboxylic acid groups (broad SMARTS) is 1. The van der Waals surface area contributed by atoms with Gasteiger partial charge in [0.15, 0.2) is 0 Å². The predicted octanol–water partition coefficient (Wildman–Crippen LogP) is 2.13. The maximum absolute atomic E-state index is 12.7. The van der Waals surface area contributed by atoms with Crippen molar-refractivity contribution in [2.75, 3.05) is 18.0 Å². The van der Waals surface area contributed by atoms with Gasteiger partial charge in [-0.25, -0.2) is 9.59 Å². The van der Waals surface area contributed by atoms with Crippen LogP contribution < -0.4 is 4.90 Å². The lowest BCUT2D eigenvalue weighted by Crippen LogP contribution is -2.49. The third-order valence-corrected chi connectivity index (χ3v) is 3.89. The first-order valence-electron chi connectivity index (χ1n) is 7.05. The molecule has 1 aromatic rings. The molecule has 1 aliphatic heterocycles. The first kappa shape index (κ1) is 15.2. The lowest BCUT2D eigenvalue weighted by Gasteiger charge is -2.30. The van der Waals surface area contributed by atoms with Crippen LogP contribution in [-0.4, -0.2) is 46.2 Å². The summed E-state index contributed by atoms with van der Waals surface area (Å²) < 4.78 is 0. The van der Waals surface area contributed by atoms with Gasteiger partial charge in [-0.2, -0.15) is 0 Å². The number of benzene rings is 1. The minimum Gasteiger partial charge on any atom is -0.508 e. The number of hydrogen-bond donors (Lipinski definition) is 2. The van der Waals surface area contributed by atoms with Crippen LogP contribution in [0, 0.1) is 5.92 Å². The van der Waals surface area contributed by atoms with Gasteiger partial charge in [0.1, 0.15) is 11.8 Å². The molecule has 0 aromatic heterocycles. The first-order chi connectivity index (χ1) is 9.95. The number of nitrogens with zero attached hydrogens (tertiary/aromatic N) is 2. The van der Waals surface area contributed by atoms with Crippen LogP contribution in [0.1, 0.15) is 20.3 Å². The van der Waals surface area contributed by atoms with Gasteiger partial charge in [-0.3, -0.25) is 4.90 Å². The van der Waals surface area contributed by atoms with E-state index in [9.17, 15) is 19.8 Å². The maximum atomic E-state index is 12.7. The standard InChI is InChI=1S/C15H20N2O4/c1-3-16(11-5-4-6-12(18)9-11)15(21)17-8-7-10(2)13(17)14(19)20/h4-6,9-10,13,18H,3,7-8H2,1-2H3,(H,19,20).